The number of hydrogen-bond donors (Lipinski definition) is 2. The Kier molecular flexibility index (Phi) is 6.57. The number of amides is 1. The summed E-state index contributed by atoms with van der Waals surface area (Å²) in [6.07, 6.45) is -2.90. The Morgan fingerprint density at radius 2 is 1.55 bits per heavy atom. The zero-order valence-corrected chi connectivity index (χ0v) is 23.1. The van der Waals surface area contributed by atoms with Gasteiger partial charge in [-0.3, -0.25) is 9.59 Å². The van der Waals surface area contributed by atoms with Gasteiger partial charge in [-0.05, 0) is 96.4 Å². The molecule has 0 heterocycles. The van der Waals surface area contributed by atoms with Crippen molar-refractivity contribution in [3.05, 3.63) is 82.5 Å². The largest absolute Gasteiger partial charge is 0.456 e. The Morgan fingerprint density at radius 3 is 2.14 bits per heavy atom. The van der Waals surface area contributed by atoms with E-state index in [-0.39, 0.29) is 24.5 Å². The zero-order valence-electron chi connectivity index (χ0n) is 23.1. The number of ketones is 1. The second kappa shape index (κ2) is 9.59. The summed E-state index contributed by atoms with van der Waals surface area (Å²) >= 11 is 0. The Morgan fingerprint density at radius 1 is 0.929 bits per heavy atom. The van der Waals surface area contributed by atoms with Crippen molar-refractivity contribution in [3.8, 4) is 11.1 Å². The number of alkyl halides is 5. The highest BCUT2D eigenvalue weighted by atomic mass is 19.4. The normalized spacial score (nSPS) is 31.3. The second-order valence-corrected chi connectivity index (χ2v) is 12.5. The molecule has 2 unspecified atom stereocenters. The van der Waals surface area contributed by atoms with E-state index in [0.29, 0.717) is 31.2 Å². The molecular weight excluding hydrogens is 553 g/mol. The van der Waals surface area contributed by atoms with Crippen LogP contribution in [-0.4, -0.2) is 34.5 Å². The fraction of sp³-hybridized carbons (Fsp3) is 0.455. The Hall–Kier alpha value is -3.33. The first kappa shape index (κ1) is 28.8. The molecule has 222 valence electrons. The van der Waals surface area contributed by atoms with Crippen molar-refractivity contribution in [1.29, 1.82) is 0 Å². The van der Waals surface area contributed by atoms with Crippen LogP contribution < -0.4 is 5.73 Å². The summed E-state index contributed by atoms with van der Waals surface area (Å²) < 4.78 is 71.6. The van der Waals surface area contributed by atoms with Gasteiger partial charge in [-0.15, -0.1) is 0 Å². The van der Waals surface area contributed by atoms with Gasteiger partial charge in [-0.1, -0.05) is 48.9 Å². The Balaban J connectivity index is 1.46. The average Bonchev–Trinajstić information content (AvgIpc) is 3.23. The summed E-state index contributed by atoms with van der Waals surface area (Å²) in [4.78, 5) is 23.7. The summed E-state index contributed by atoms with van der Waals surface area (Å²) in [6, 6.07) is 14.2. The summed E-state index contributed by atoms with van der Waals surface area (Å²) in [5.41, 5.74) is 6.19. The lowest BCUT2D eigenvalue weighted by Gasteiger charge is -2.56. The minimum Gasteiger partial charge on any atom is -0.383 e. The molecular formula is C33H32F5NO3. The van der Waals surface area contributed by atoms with E-state index in [4.69, 9.17) is 5.73 Å². The van der Waals surface area contributed by atoms with Gasteiger partial charge >= 0.3 is 12.1 Å². The minimum atomic E-state index is -5.88. The third-order valence-corrected chi connectivity index (χ3v) is 10.6. The standard InChI is InChI=1S/C33H32F5NO3/c1-30-17-26(20-6-2-18(3-7-20)19-4-8-21(9-5-19)29(39)41)28-24-13-11-23(40)16-22(24)10-12-25(28)27(30)14-15-31(30,42)32(34,35)33(36,37)38/h2-9,16,25-27,42H,10-15,17H2,1H3,(H2,39,41)/t25?,26-,27?,30+,31-/m1/s1. The lowest BCUT2D eigenvalue weighted by molar-refractivity contribution is -0.362. The highest BCUT2D eigenvalue weighted by Gasteiger charge is 2.79. The lowest BCUT2D eigenvalue weighted by Crippen LogP contribution is -2.65. The highest BCUT2D eigenvalue weighted by molar-refractivity contribution is 5.93. The topological polar surface area (TPSA) is 80.4 Å². The molecule has 3 N–H and O–H groups in total. The van der Waals surface area contributed by atoms with Gasteiger partial charge in [0.15, 0.2) is 5.78 Å². The minimum absolute atomic E-state index is 0.0387. The number of allylic oxidation sites excluding steroid dienone is 4. The predicted molar refractivity (Wildman–Crippen MR) is 147 cm³/mol. The molecule has 6 rings (SSSR count). The molecule has 0 aromatic heterocycles. The van der Waals surface area contributed by atoms with E-state index in [2.05, 4.69) is 0 Å². The van der Waals surface area contributed by atoms with E-state index < -0.39 is 47.3 Å². The van der Waals surface area contributed by atoms with Gasteiger partial charge in [0.1, 0.15) is 5.60 Å². The molecule has 2 aromatic rings. The smallest absolute Gasteiger partial charge is 0.383 e. The second-order valence-electron chi connectivity index (χ2n) is 12.5. The quantitative estimate of drug-likeness (QED) is 0.370. The number of halogens is 5. The molecule has 0 saturated heterocycles. The molecule has 1 amide bonds. The summed E-state index contributed by atoms with van der Waals surface area (Å²) in [5, 5.41) is 11.4. The maximum Gasteiger partial charge on any atom is 0.456 e. The van der Waals surface area contributed by atoms with Crippen LogP contribution in [0.15, 0.2) is 71.3 Å². The van der Waals surface area contributed by atoms with Crippen LogP contribution in [0.4, 0.5) is 22.0 Å². The molecule has 4 nitrogen and oxygen atoms in total. The molecule has 2 saturated carbocycles. The van der Waals surface area contributed by atoms with Crippen LogP contribution in [0.5, 0.6) is 0 Å². The maximum absolute atomic E-state index is 15.2. The fourth-order valence-corrected chi connectivity index (χ4v) is 8.45. The van der Waals surface area contributed by atoms with Gasteiger partial charge in [-0.2, -0.15) is 22.0 Å². The first-order valence-corrected chi connectivity index (χ1v) is 14.3. The number of nitrogens with two attached hydrogens (primary N) is 1. The third kappa shape index (κ3) is 4.10. The summed E-state index contributed by atoms with van der Waals surface area (Å²) in [7, 11) is 0. The van der Waals surface area contributed by atoms with Gasteiger partial charge in [0, 0.05) is 23.3 Å². The Bertz CT molecular complexity index is 1510. The number of aliphatic hydroxyl groups is 1. The molecule has 0 radical (unpaired) electrons. The van der Waals surface area contributed by atoms with Gasteiger partial charge in [0.2, 0.25) is 5.91 Å². The molecule has 0 spiro atoms. The number of benzene rings is 2. The molecule has 5 atom stereocenters. The number of hydrogen-bond acceptors (Lipinski definition) is 3. The van der Waals surface area contributed by atoms with Gasteiger partial charge in [-0.25, -0.2) is 0 Å². The molecule has 42 heavy (non-hydrogen) atoms. The van der Waals surface area contributed by atoms with Crippen molar-refractivity contribution in [2.75, 3.05) is 0 Å². The number of rotatable bonds is 4. The van der Waals surface area contributed by atoms with E-state index in [1.54, 1.807) is 30.3 Å². The van der Waals surface area contributed by atoms with Gasteiger partial charge in [0.25, 0.3) is 0 Å². The third-order valence-electron chi connectivity index (χ3n) is 10.6. The lowest BCUT2D eigenvalue weighted by atomic mass is 9.50. The monoisotopic (exact) mass is 585 g/mol. The first-order chi connectivity index (χ1) is 19.7. The van der Waals surface area contributed by atoms with Crippen LogP contribution in [0.2, 0.25) is 0 Å². The first-order valence-electron chi connectivity index (χ1n) is 14.3. The molecule has 2 fully saturated rings. The van der Waals surface area contributed by atoms with Crippen LogP contribution in [0.1, 0.15) is 73.7 Å². The van der Waals surface area contributed by atoms with E-state index in [1.165, 1.54) is 6.92 Å². The number of fused-ring (bicyclic) bond motifs is 4. The van der Waals surface area contributed by atoms with E-state index in [9.17, 15) is 27.9 Å². The Labute approximate surface area is 240 Å². The number of carbonyl (C=O) groups is 2. The van der Waals surface area contributed by atoms with Gasteiger partial charge < -0.3 is 10.8 Å². The highest BCUT2D eigenvalue weighted by Crippen LogP contribution is 2.70. The predicted octanol–water partition coefficient (Wildman–Crippen LogP) is 7.28. The molecule has 0 bridgehead atoms. The van der Waals surface area contributed by atoms with Crippen LogP contribution >= 0.6 is 0 Å². The van der Waals surface area contributed by atoms with Crippen LogP contribution in [0, 0.1) is 17.3 Å². The summed E-state index contributed by atoms with van der Waals surface area (Å²) in [6.45, 7) is 1.42. The molecule has 4 aliphatic rings. The summed E-state index contributed by atoms with van der Waals surface area (Å²) in [5.74, 6) is -7.08. The molecule has 9 heteroatoms. The molecule has 4 aliphatic carbocycles. The average molecular weight is 586 g/mol. The van der Waals surface area contributed by atoms with Crippen LogP contribution in [0.25, 0.3) is 11.1 Å². The number of primary amides is 1. The number of carbonyl (C=O) groups excluding carboxylic acids is 2. The zero-order chi connectivity index (χ0) is 30.2. The van der Waals surface area contributed by atoms with Gasteiger partial charge in [0.05, 0.1) is 0 Å². The fourth-order valence-electron chi connectivity index (χ4n) is 8.45. The molecule has 2 aromatic carbocycles. The van der Waals surface area contributed by atoms with Crippen LogP contribution in [-0.2, 0) is 4.79 Å². The van der Waals surface area contributed by atoms with Crippen molar-refractivity contribution >= 4 is 11.7 Å². The van der Waals surface area contributed by atoms with Crippen LogP contribution in [0.3, 0.4) is 0 Å². The van der Waals surface area contributed by atoms with E-state index >= 15 is 8.78 Å². The van der Waals surface area contributed by atoms with Crippen molar-refractivity contribution in [2.24, 2.45) is 23.0 Å². The molecule has 0 aliphatic heterocycles. The van der Waals surface area contributed by atoms with Crippen molar-refractivity contribution in [2.45, 2.75) is 75.5 Å². The van der Waals surface area contributed by atoms with Crippen molar-refractivity contribution in [3.63, 3.8) is 0 Å². The maximum atomic E-state index is 15.2. The van der Waals surface area contributed by atoms with E-state index in [1.807, 2.05) is 24.3 Å². The van der Waals surface area contributed by atoms with E-state index in [0.717, 1.165) is 33.4 Å². The SMILES string of the molecule is C[C@]12C[C@H](c3ccc(-c4ccc(C(N)=O)cc4)cc3)C3=C4CCC(=O)C=C4CCC3C1CC[C@]2(O)C(F)(F)C(F)(F)F. The van der Waals surface area contributed by atoms with Crippen molar-refractivity contribution in [1.82, 2.24) is 0 Å². The van der Waals surface area contributed by atoms with Crippen molar-refractivity contribution < 1.29 is 36.6 Å².